The Morgan fingerprint density at radius 1 is 1.29 bits per heavy atom. The van der Waals surface area contributed by atoms with Gasteiger partial charge in [-0.2, -0.15) is 0 Å². The van der Waals surface area contributed by atoms with Gasteiger partial charge in [0.2, 0.25) is 0 Å². The van der Waals surface area contributed by atoms with Crippen LogP contribution in [0.1, 0.15) is 32.6 Å². The number of rotatable bonds is 8. The molecule has 0 radical (unpaired) electrons. The molecular formula is C17H27NO3. The zero-order valence-corrected chi connectivity index (χ0v) is 13.1. The summed E-state index contributed by atoms with van der Waals surface area (Å²) in [6.07, 6.45) is 4.74. The fraction of sp³-hybridized carbons (Fsp3) is 0.647. The first kappa shape index (κ1) is 16.1. The zero-order valence-electron chi connectivity index (χ0n) is 13.1. The minimum atomic E-state index is -0.499. The number of ether oxygens (including phenoxy) is 2. The predicted octanol–water partition coefficient (Wildman–Crippen LogP) is 2.60. The number of methoxy groups -OCH3 is 1. The summed E-state index contributed by atoms with van der Waals surface area (Å²) in [5.74, 6) is 1.48. The molecule has 1 atom stereocenters. The van der Waals surface area contributed by atoms with Gasteiger partial charge in [-0.3, -0.25) is 0 Å². The maximum Gasteiger partial charge on any atom is 0.123 e. The van der Waals surface area contributed by atoms with Crippen LogP contribution in [0, 0.1) is 5.41 Å². The summed E-state index contributed by atoms with van der Waals surface area (Å²) in [6, 6.07) is 7.43. The van der Waals surface area contributed by atoms with Gasteiger partial charge in [0.1, 0.15) is 24.2 Å². The van der Waals surface area contributed by atoms with Crippen molar-refractivity contribution in [3.05, 3.63) is 24.3 Å². The highest BCUT2D eigenvalue weighted by molar-refractivity contribution is 5.32. The summed E-state index contributed by atoms with van der Waals surface area (Å²) < 4.78 is 10.7. The molecule has 0 aliphatic heterocycles. The Morgan fingerprint density at radius 3 is 2.71 bits per heavy atom. The Balaban J connectivity index is 1.66. The van der Waals surface area contributed by atoms with Crippen molar-refractivity contribution in [1.82, 2.24) is 5.32 Å². The van der Waals surface area contributed by atoms with Crippen LogP contribution in [0.5, 0.6) is 11.5 Å². The summed E-state index contributed by atoms with van der Waals surface area (Å²) in [7, 11) is 1.63. The summed E-state index contributed by atoms with van der Waals surface area (Å²) in [5, 5.41) is 13.3. The molecule has 1 saturated carbocycles. The van der Waals surface area contributed by atoms with Crippen LogP contribution in [0.4, 0.5) is 0 Å². The minimum Gasteiger partial charge on any atom is -0.497 e. The summed E-state index contributed by atoms with van der Waals surface area (Å²) in [4.78, 5) is 0. The van der Waals surface area contributed by atoms with Gasteiger partial charge in [-0.1, -0.05) is 25.8 Å². The van der Waals surface area contributed by atoms with E-state index in [2.05, 4.69) is 12.2 Å². The molecule has 0 bridgehead atoms. The normalized spacial score (nSPS) is 18.4. The third kappa shape index (κ3) is 5.21. The number of hydrogen-bond donors (Lipinski definition) is 2. The third-order valence-electron chi connectivity index (χ3n) is 4.23. The van der Waals surface area contributed by atoms with Crippen molar-refractivity contribution in [3.63, 3.8) is 0 Å². The molecular weight excluding hydrogens is 266 g/mol. The molecule has 0 saturated heterocycles. The zero-order chi connectivity index (χ0) is 15.1. The van der Waals surface area contributed by atoms with Crippen molar-refractivity contribution < 1.29 is 14.6 Å². The molecule has 21 heavy (non-hydrogen) atoms. The van der Waals surface area contributed by atoms with Crippen LogP contribution in [0.2, 0.25) is 0 Å². The topological polar surface area (TPSA) is 50.7 Å². The number of nitrogens with one attached hydrogen (secondary N) is 1. The Bertz CT molecular complexity index is 430. The summed E-state index contributed by atoms with van der Waals surface area (Å²) in [6.45, 7) is 4.16. The molecule has 0 heterocycles. The van der Waals surface area contributed by atoms with Gasteiger partial charge < -0.3 is 19.9 Å². The maximum atomic E-state index is 9.98. The van der Waals surface area contributed by atoms with Crippen molar-refractivity contribution >= 4 is 0 Å². The van der Waals surface area contributed by atoms with Crippen molar-refractivity contribution in [2.45, 2.75) is 38.7 Å². The van der Waals surface area contributed by atoms with Crippen LogP contribution >= 0.6 is 0 Å². The number of benzene rings is 1. The van der Waals surface area contributed by atoms with Crippen molar-refractivity contribution in [2.24, 2.45) is 5.41 Å². The highest BCUT2D eigenvalue weighted by Gasteiger charge is 2.28. The molecule has 118 valence electrons. The van der Waals surface area contributed by atoms with Crippen LogP contribution < -0.4 is 14.8 Å². The van der Waals surface area contributed by atoms with Gasteiger partial charge in [0.25, 0.3) is 0 Å². The highest BCUT2D eigenvalue weighted by atomic mass is 16.5. The van der Waals surface area contributed by atoms with Gasteiger partial charge in [-0.15, -0.1) is 0 Å². The molecule has 2 N–H and O–H groups in total. The van der Waals surface area contributed by atoms with Crippen molar-refractivity contribution in [3.8, 4) is 11.5 Å². The van der Waals surface area contributed by atoms with E-state index < -0.39 is 6.10 Å². The average molecular weight is 293 g/mol. The van der Waals surface area contributed by atoms with Gasteiger partial charge in [0, 0.05) is 19.2 Å². The van der Waals surface area contributed by atoms with E-state index in [4.69, 9.17) is 9.47 Å². The van der Waals surface area contributed by atoms with Crippen LogP contribution in [0.25, 0.3) is 0 Å². The molecule has 1 unspecified atom stereocenters. The molecule has 1 aromatic carbocycles. The van der Waals surface area contributed by atoms with E-state index >= 15 is 0 Å². The van der Waals surface area contributed by atoms with Gasteiger partial charge in [-0.25, -0.2) is 0 Å². The second kappa shape index (κ2) is 7.66. The van der Waals surface area contributed by atoms with Crippen LogP contribution in [-0.4, -0.2) is 38.0 Å². The lowest BCUT2D eigenvalue weighted by molar-refractivity contribution is 0.103. The van der Waals surface area contributed by atoms with Crippen molar-refractivity contribution in [1.29, 1.82) is 0 Å². The predicted molar refractivity (Wildman–Crippen MR) is 83.9 cm³/mol. The first-order valence-corrected chi connectivity index (χ1v) is 7.77. The maximum absolute atomic E-state index is 9.98. The first-order chi connectivity index (χ1) is 10.1. The van der Waals surface area contributed by atoms with Gasteiger partial charge >= 0.3 is 0 Å². The van der Waals surface area contributed by atoms with E-state index in [1.165, 1.54) is 25.7 Å². The van der Waals surface area contributed by atoms with Gasteiger partial charge in [0.05, 0.1) is 7.11 Å². The Hall–Kier alpha value is -1.26. The lowest BCUT2D eigenvalue weighted by Gasteiger charge is -2.24. The Labute approximate surface area is 127 Å². The van der Waals surface area contributed by atoms with E-state index in [9.17, 15) is 5.11 Å². The van der Waals surface area contributed by atoms with E-state index in [1.54, 1.807) is 7.11 Å². The molecule has 2 rings (SSSR count). The molecule has 0 amide bonds. The monoisotopic (exact) mass is 293 g/mol. The van der Waals surface area contributed by atoms with E-state index in [0.29, 0.717) is 12.0 Å². The number of hydrogen-bond acceptors (Lipinski definition) is 4. The molecule has 4 nitrogen and oxygen atoms in total. The van der Waals surface area contributed by atoms with Gasteiger partial charge in [-0.05, 0) is 30.4 Å². The standard InChI is InChI=1S/C17H27NO3/c1-17(8-3-4-9-17)13-18-11-14(19)12-21-16-7-5-6-15(10-16)20-2/h5-7,10,14,18-19H,3-4,8-9,11-13H2,1-2H3. The van der Waals surface area contributed by atoms with Crippen LogP contribution in [0.3, 0.4) is 0 Å². The van der Waals surface area contributed by atoms with Gasteiger partial charge in [0.15, 0.2) is 0 Å². The SMILES string of the molecule is COc1cccc(OCC(O)CNCC2(C)CCCC2)c1. The molecule has 1 aliphatic rings. The van der Waals surface area contributed by atoms with E-state index in [-0.39, 0.29) is 6.61 Å². The third-order valence-corrected chi connectivity index (χ3v) is 4.23. The molecule has 1 aromatic rings. The Morgan fingerprint density at radius 2 is 2.00 bits per heavy atom. The molecule has 1 aliphatic carbocycles. The van der Waals surface area contributed by atoms with Crippen LogP contribution in [0.15, 0.2) is 24.3 Å². The second-order valence-electron chi connectivity index (χ2n) is 6.29. The summed E-state index contributed by atoms with van der Waals surface area (Å²) >= 11 is 0. The molecule has 0 aromatic heterocycles. The smallest absolute Gasteiger partial charge is 0.123 e. The van der Waals surface area contributed by atoms with E-state index in [1.807, 2.05) is 24.3 Å². The fourth-order valence-corrected chi connectivity index (χ4v) is 2.89. The average Bonchev–Trinajstić information content (AvgIpc) is 2.92. The lowest BCUT2D eigenvalue weighted by Crippen LogP contribution is -2.37. The highest BCUT2D eigenvalue weighted by Crippen LogP contribution is 2.36. The quantitative estimate of drug-likeness (QED) is 0.773. The van der Waals surface area contributed by atoms with Crippen LogP contribution in [-0.2, 0) is 0 Å². The number of aliphatic hydroxyl groups is 1. The fourth-order valence-electron chi connectivity index (χ4n) is 2.89. The first-order valence-electron chi connectivity index (χ1n) is 7.77. The Kier molecular flexibility index (Phi) is 5.88. The minimum absolute atomic E-state index is 0.289. The largest absolute Gasteiger partial charge is 0.497 e. The molecule has 4 heteroatoms. The number of aliphatic hydroxyl groups excluding tert-OH is 1. The lowest BCUT2D eigenvalue weighted by atomic mass is 9.89. The van der Waals surface area contributed by atoms with Crippen molar-refractivity contribution in [2.75, 3.05) is 26.8 Å². The molecule has 0 spiro atoms. The summed E-state index contributed by atoms with van der Waals surface area (Å²) in [5.41, 5.74) is 0.410. The molecule has 1 fully saturated rings. The second-order valence-corrected chi connectivity index (χ2v) is 6.29. The van der Waals surface area contributed by atoms with E-state index in [0.717, 1.165) is 18.0 Å².